The lowest BCUT2D eigenvalue weighted by Crippen LogP contribution is -2.26. The highest BCUT2D eigenvalue weighted by Gasteiger charge is 2.16. The van der Waals surface area contributed by atoms with E-state index in [1.165, 1.54) is 0 Å². The van der Waals surface area contributed by atoms with Crippen molar-refractivity contribution < 1.29 is 4.79 Å². The van der Waals surface area contributed by atoms with Crippen LogP contribution in [0.5, 0.6) is 0 Å². The summed E-state index contributed by atoms with van der Waals surface area (Å²) in [5, 5.41) is 1.24. The zero-order valence-electron chi connectivity index (χ0n) is 16.3. The molecule has 0 saturated carbocycles. The van der Waals surface area contributed by atoms with Crippen LogP contribution < -0.4 is 4.90 Å². The topological polar surface area (TPSA) is 20.3 Å². The maximum absolute atomic E-state index is 13.0. The first-order chi connectivity index (χ1) is 14.5. The molecule has 0 saturated heterocycles. The molecule has 0 aromatic heterocycles. The lowest BCUT2D eigenvalue weighted by atomic mass is 9.99. The minimum atomic E-state index is -0.115. The fourth-order valence-corrected chi connectivity index (χ4v) is 3.68. The molecule has 4 aromatic rings. The van der Waals surface area contributed by atoms with Crippen LogP contribution in [-0.4, -0.2) is 13.0 Å². The third kappa shape index (κ3) is 4.25. The first-order valence-electron chi connectivity index (χ1n) is 9.52. The zero-order chi connectivity index (χ0) is 21.1. The van der Waals surface area contributed by atoms with Crippen molar-refractivity contribution in [3.05, 3.63) is 113 Å². The van der Waals surface area contributed by atoms with Gasteiger partial charge in [-0.25, -0.2) is 0 Å². The molecule has 0 radical (unpaired) electrons. The highest BCUT2D eigenvalue weighted by Crippen LogP contribution is 2.31. The molecule has 1 amide bonds. The predicted octanol–water partition coefficient (Wildman–Crippen LogP) is 7.60. The Kier molecular flexibility index (Phi) is 5.89. The van der Waals surface area contributed by atoms with Crippen molar-refractivity contribution in [2.75, 3.05) is 11.9 Å². The SMILES string of the molecule is CN(C(=O)c1ccc(Cl)c(-c2ccc(-c3ccccc3)cc2)c1)c1ccc(Cl)cc1. The van der Waals surface area contributed by atoms with Crippen LogP contribution in [0.2, 0.25) is 10.0 Å². The van der Waals surface area contributed by atoms with Crippen molar-refractivity contribution in [3.63, 3.8) is 0 Å². The average molecular weight is 432 g/mol. The summed E-state index contributed by atoms with van der Waals surface area (Å²) in [7, 11) is 1.74. The molecule has 0 heterocycles. The second-order valence-electron chi connectivity index (χ2n) is 6.98. The molecule has 4 aromatic carbocycles. The number of benzene rings is 4. The summed E-state index contributed by atoms with van der Waals surface area (Å²) >= 11 is 12.4. The van der Waals surface area contributed by atoms with E-state index >= 15 is 0 Å². The van der Waals surface area contributed by atoms with Gasteiger partial charge in [0.25, 0.3) is 5.91 Å². The smallest absolute Gasteiger partial charge is 0.258 e. The van der Waals surface area contributed by atoms with Crippen LogP contribution in [0.4, 0.5) is 5.69 Å². The Morgan fingerprint density at radius 1 is 0.700 bits per heavy atom. The van der Waals surface area contributed by atoms with Gasteiger partial charge in [0.2, 0.25) is 0 Å². The zero-order valence-corrected chi connectivity index (χ0v) is 17.9. The third-order valence-electron chi connectivity index (χ3n) is 5.03. The van der Waals surface area contributed by atoms with E-state index in [4.69, 9.17) is 23.2 Å². The molecule has 148 valence electrons. The number of carbonyl (C=O) groups excluding carboxylic acids is 1. The van der Waals surface area contributed by atoms with Crippen LogP contribution in [0.25, 0.3) is 22.3 Å². The summed E-state index contributed by atoms with van der Waals surface area (Å²) in [5.41, 5.74) is 5.41. The molecule has 0 fully saturated rings. The first kappa shape index (κ1) is 20.2. The van der Waals surface area contributed by atoms with Crippen LogP contribution in [-0.2, 0) is 0 Å². The molecule has 0 aliphatic carbocycles. The van der Waals surface area contributed by atoms with Crippen LogP contribution in [0, 0.1) is 0 Å². The van der Waals surface area contributed by atoms with Gasteiger partial charge in [-0.3, -0.25) is 4.79 Å². The Morgan fingerprint density at radius 2 is 1.30 bits per heavy atom. The van der Waals surface area contributed by atoms with Crippen molar-refractivity contribution in [1.29, 1.82) is 0 Å². The van der Waals surface area contributed by atoms with E-state index in [-0.39, 0.29) is 5.91 Å². The Morgan fingerprint density at radius 3 is 1.97 bits per heavy atom. The van der Waals surface area contributed by atoms with Gasteiger partial charge >= 0.3 is 0 Å². The number of carbonyl (C=O) groups is 1. The monoisotopic (exact) mass is 431 g/mol. The van der Waals surface area contributed by atoms with Gasteiger partial charge in [-0.1, -0.05) is 77.8 Å². The number of nitrogens with zero attached hydrogens (tertiary/aromatic N) is 1. The fraction of sp³-hybridized carbons (Fsp3) is 0.0385. The number of rotatable bonds is 4. The molecule has 0 aliphatic heterocycles. The van der Waals surface area contributed by atoms with Gasteiger partial charge < -0.3 is 4.90 Å². The molecule has 30 heavy (non-hydrogen) atoms. The van der Waals surface area contributed by atoms with E-state index in [9.17, 15) is 4.79 Å². The Labute approximate surface area is 186 Å². The summed E-state index contributed by atoms with van der Waals surface area (Å²) in [6.45, 7) is 0. The van der Waals surface area contributed by atoms with Crippen LogP contribution >= 0.6 is 23.2 Å². The molecule has 2 nitrogen and oxygen atoms in total. The molecule has 0 spiro atoms. The van der Waals surface area contributed by atoms with E-state index in [1.54, 1.807) is 36.2 Å². The van der Waals surface area contributed by atoms with E-state index in [1.807, 2.05) is 48.5 Å². The van der Waals surface area contributed by atoms with Gasteiger partial charge in [0, 0.05) is 33.9 Å². The van der Waals surface area contributed by atoms with E-state index in [0.717, 1.165) is 27.9 Å². The lowest BCUT2D eigenvalue weighted by Gasteiger charge is -2.18. The summed E-state index contributed by atoms with van der Waals surface area (Å²) in [4.78, 5) is 14.6. The molecule has 4 rings (SSSR count). The number of anilines is 1. The summed E-state index contributed by atoms with van der Waals surface area (Å²) in [5.74, 6) is -0.115. The summed E-state index contributed by atoms with van der Waals surface area (Å²) in [6, 6.07) is 30.9. The van der Waals surface area contributed by atoms with Gasteiger partial charge in [0.1, 0.15) is 0 Å². The van der Waals surface area contributed by atoms with E-state index < -0.39 is 0 Å². The van der Waals surface area contributed by atoms with Crippen LogP contribution in [0.3, 0.4) is 0 Å². The summed E-state index contributed by atoms with van der Waals surface area (Å²) in [6.07, 6.45) is 0. The molecular weight excluding hydrogens is 413 g/mol. The second-order valence-corrected chi connectivity index (χ2v) is 7.82. The Balaban J connectivity index is 1.63. The molecule has 0 aliphatic rings. The van der Waals surface area contributed by atoms with Gasteiger partial charge in [-0.15, -0.1) is 0 Å². The van der Waals surface area contributed by atoms with Gasteiger partial charge in [-0.2, -0.15) is 0 Å². The van der Waals surface area contributed by atoms with Crippen molar-refractivity contribution in [2.24, 2.45) is 0 Å². The maximum Gasteiger partial charge on any atom is 0.258 e. The second kappa shape index (κ2) is 8.74. The van der Waals surface area contributed by atoms with Gasteiger partial charge in [0.15, 0.2) is 0 Å². The standard InChI is InChI=1S/C26H19Cl2NO/c1-29(23-14-12-22(27)13-15-23)26(30)21-11-16-25(28)24(17-21)20-9-7-19(8-10-20)18-5-3-2-4-6-18/h2-17H,1H3. The molecule has 0 atom stereocenters. The number of hydrogen-bond acceptors (Lipinski definition) is 1. The molecule has 0 bridgehead atoms. The molecule has 0 unspecified atom stereocenters. The number of amides is 1. The highest BCUT2D eigenvalue weighted by atomic mass is 35.5. The predicted molar refractivity (Wildman–Crippen MR) is 127 cm³/mol. The minimum Gasteiger partial charge on any atom is -0.311 e. The number of halogens is 2. The molecule has 0 N–H and O–H groups in total. The Bertz CT molecular complexity index is 1170. The van der Waals surface area contributed by atoms with Crippen molar-refractivity contribution >= 4 is 34.8 Å². The molecule has 4 heteroatoms. The maximum atomic E-state index is 13.0. The van der Waals surface area contributed by atoms with Gasteiger partial charge in [-0.05, 0) is 59.2 Å². The van der Waals surface area contributed by atoms with Crippen molar-refractivity contribution in [3.8, 4) is 22.3 Å². The normalized spacial score (nSPS) is 10.6. The average Bonchev–Trinajstić information content (AvgIpc) is 2.80. The van der Waals surface area contributed by atoms with Crippen molar-refractivity contribution in [1.82, 2.24) is 0 Å². The fourth-order valence-electron chi connectivity index (χ4n) is 3.33. The van der Waals surface area contributed by atoms with Crippen molar-refractivity contribution in [2.45, 2.75) is 0 Å². The first-order valence-corrected chi connectivity index (χ1v) is 10.3. The quantitative estimate of drug-likeness (QED) is 0.325. The van der Waals surface area contributed by atoms with E-state index in [0.29, 0.717) is 15.6 Å². The minimum absolute atomic E-state index is 0.115. The lowest BCUT2D eigenvalue weighted by molar-refractivity contribution is 0.0993. The largest absolute Gasteiger partial charge is 0.311 e. The summed E-state index contributed by atoms with van der Waals surface area (Å²) < 4.78 is 0. The highest BCUT2D eigenvalue weighted by molar-refractivity contribution is 6.33. The Hall–Kier alpha value is -3.07. The van der Waals surface area contributed by atoms with Crippen LogP contribution in [0.15, 0.2) is 97.1 Å². The number of hydrogen-bond donors (Lipinski definition) is 0. The van der Waals surface area contributed by atoms with E-state index in [2.05, 4.69) is 24.3 Å². The molecular formula is C26H19Cl2NO. The van der Waals surface area contributed by atoms with Crippen LogP contribution in [0.1, 0.15) is 10.4 Å². The third-order valence-corrected chi connectivity index (χ3v) is 5.62. The van der Waals surface area contributed by atoms with Gasteiger partial charge in [0.05, 0.1) is 0 Å².